The third-order valence-electron chi connectivity index (χ3n) is 2.33. The number of benzene rings is 1. The monoisotopic (exact) mass is 269 g/mol. The maximum atomic E-state index is 12.0. The smallest absolute Gasteiger partial charge is 0.253 e. The quantitative estimate of drug-likeness (QED) is 0.719. The van der Waals surface area contributed by atoms with Crippen molar-refractivity contribution >= 4 is 29.1 Å². The first-order valence-electron chi connectivity index (χ1n) is 5.37. The molecule has 0 bridgehead atoms. The van der Waals surface area contributed by atoms with Crippen molar-refractivity contribution in [1.29, 1.82) is 0 Å². The van der Waals surface area contributed by atoms with Crippen molar-refractivity contribution in [1.82, 2.24) is 5.32 Å². The van der Waals surface area contributed by atoms with Crippen LogP contribution < -0.4 is 16.8 Å². The fourth-order valence-corrected chi connectivity index (χ4v) is 1.78. The van der Waals surface area contributed by atoms with Crippen molar-refractivity contribution in [2.24, 2.45) is 5.73 Å². The molecule has 18 heavy (non-hydrogen) atoms. The van der Waals surface area contributed by atoms with Gasteiger partial charge in [-0.15, -0.1) is 0 Å². The van der Waals surface area contributed by atoms with Gasteiger partial charge in [-0.25, -0.2) is 0 Å². The molecule has 98 valence electrons. The number of hydrogen-bond acceptors (Lipinski definition) is 3. The number of nitrogen functional groups attached to an aromatic ring is 1. The number of carbonyl (C=O) groups is 2. The van der Waals surface area contributed by atoms with Gasteiger partial charge in [0.25, 0.3) is 5.91 Å². The second-order valence-electron chi connectivity index (χ2n) is 4.71. The highest BCUT2D eigenvalue weighted by molar-refractivity contribution is 6.31. The topological polar surface area (TPSA) is 98.2 Å². The first-order valence-corrected chi connectivity index (χ1v) is 5.75. The summed E-state index contributed by atoms with van der Waals surface area (Å²) in [5.74, 6) is -0.847. The van der Waals surface area contributed by atoms with Crippen molar-refractivity contribution in [3.8, 4) is 0 Å². The number of nitrogens with two attached hydrogens (primary N) is 2. The molecule has 0 aliphatic rings. The molecule has 0 aliphatic carbocycles. The lowest BCUT2D eigenvalue weighted by atomic mass is 9.99. The maximum Gasteiger partial charge on any atom is 0.253 e. The zero-order chi connectivity index (χ0) is 13.9. The summed E-state index contributed by atoms with van der Waals surface area (Å²) in [6.07, 6.45) is 0.0479. The summed E-state index contributed by atoms with van der Waals surface area (Å²) in [5.41, 5.74) is 10.7. The van der Waals surface area contributed by atoms with Crippen molar-refractivity contribution in [3.63, 3.8) is 0 Å². The lowest BCUT2D eigenvalue weighted by Gasteiger charge is -2.25. The molecule has 0 saturated heterocycles. The van der Waals surface area contributed by atoms with Crippen LogP contribution in [0, 0.1) is 0 Å². The Labute approximate surface area is 110 Å². The van der Waals surface area contributed by atoms with E-state index in [9.17, 15) is 9.59 Å². The lowest BCUT2D eigenvalue weighted by molar-refractivity contribution is -0.119. The molecule has 1 aromatic carbocycles. The molecular weight excluding hydrogens is 254 g/mol. The summed E-state index contributed by atoms with van der Waals surface area (Å²) in [5, 5.41) is 3.16. The van der Waals surface area contributed by atoms with E-state index in [1.165, 1.54) is 12.1 Å². The van der Waals surface area contributed by atoms with E-state index in [4.69, 9.17) is 23.1 Å². The zero-order valence-corrected chi connectivity index (χ0v) is 11.0. The highest BCUT2D eigenvalue weighted by atomic mass is 35.5. The molecule has 0 atom stereocenters. The van der Waals surface area contributed by atoms with E-state index in [1.54, 1.807) is 19.9 Å². The lowest BCUT2D eigenvalue weighted by Crippen LogP contribution is -2.46. The molecule has 1 aromatic rings. The highest BCUT2D eigenvalue weighted by Crippen LogP contribution is 2.19. The molecule has 1 rings (SSSR count). The Balaban J connectivity index is 2.85. The normalized spacial score (nSPS) is 11.1. The molecule has 0 fully saturated rings. The minimum atomic E-state index is -0.727. The third kappa shape index (κ3) is 3.92. The molecule has 0 unspecified atom stereocenters. The Morgan fingerprint density at radius 3 is 2.50 bits per heavy atom. The number of primary amides is 1. The van der Waals surface area contributed by atoms with Gasteiger partial charge in [0.2, 0.25) is 5.91 Å². The summed E-state index contributed by atoms with van der Waals surface area (Å²) in [7, 11) is 0. The molecule has 2 amide bonds. The molecule has 6 heteroatoms. The van der Waals surface area contributed by atoms with E-state index in [1.807, 2.05) is 0 Å². The Kier molecular flexibility index (Phi) is 4.19. The molecule has 5 nitrogen and oxygen atoms in total. The fourth-order valence-electron chi connectivity index (χ4n) is 1.59. The van der Waals surface area contributed by atoms with Crippen molar-refractivity contribution in [3.05, 3.63) is 28.8 Å². The van der Waals surface area contributed by atoms with E-state index in [0.717, 1.165) is 0 Å². The van der Waals surface area contributed by atoms with Gasteiger partial charge in [-0.05, 0) is 32.0 Å². The Morgan fingerprint density at radius 2 is 2.00 bits per heavy atom. The summed E-state index contributed by atoms with van der Waals surface area (Å²) in [6.45, 7) is 3.42. The maximum absolute atomic E-state index is 12.0. The summed E-state index contributed by atoms with van der Waals surface area (Å²) in [6, 6.07) is 4.61. The van der Waals surface area contributed by atoms with Gasteiger partial charge in [-0.2, -0.15) is 0 Å². The zero-order valence-electron chi connectivity index (χ0n) is 10.3. The van der Waals surface area contributed by atoms with Crippen LogP contribution in [-0.2, 0) is 4.79 Å². The SMILES string of the molecule is CC(C)(CC(N)=O)NC(=O)c1ccc(Cl)cc1N. The average molecular weight is 270 g/mol. The van der Waals surface area contributed by atoms with Gasteiger partial charge in [-0.3, -0.25) is 9.59 Å². The van der Waals surface area contributed by atoms with Crippen LogP contribution in [0.25, 0.3) is 0 Å². The molecule has 0 aromatic heterocycles. The molecule has 0 saturated carbocycles. The second kappa shape index (κ2) is 5.27. The third-order valence-corrected chi connectivity index (χ3v) is 2.56. The van der Waals surface area contributed by atoms with Crippen LogP contribution in [0.4, 0.5) is 5.69 Å². The van der Waals surface area contributed by atoms with Gasteiger partial charge in [0.15, 0.2) is 0 Å². The molecule has 0 aliphatic heterocycles. The van der Waals surface area contributed by atoms with Gasteiger partial charge in [0, 0.05) is 22.7 Å². The molecule has 5 N–H and O–H groups in total. The van der Waals surface area contributed by atoms with Crippen LogP contribution in [-0.4, -0.2) is 17.4 Å². The van der Waals surface area contributed by atoms with Crippen molar-refractivity contribution < 1.29 is 9.59 Å². The van der Waals surface area contributed by atoms with Crippen LogP contribution in [0.3, 0.4) is 0 Å². The number of anilines is 1. The minimum absolute atomic E-state index is 0.0479. The summed E-state index contributed by atoms with van der Waals surface area (Å²) >= 11 is 5.75. The number of nitrogens with one attached hydrogen (secondary N) is 1. The predicted molar refractivity (Wildman–Crippen MR) is 71.2 cm³/mol. The second-order valence-corrected chi connectivity index (χ2v) is 5.15. The fraction of sp³-hybridized carbons (Fsp3) is 0.333. The van der Waals surface area contributed by atoms with E-state index >= 15 is 0 Å². The van der Waals surface area contributed by atoms with Crippen LogP contribution in [0.1, 0.15) is 30.6 Å². The van der Waals surface area contributed by atoms with Gasteiger partial charge >= 0.3 is 0 Å². The van der Waals surface area contributed by atoms with E-state index in [2.05, 4.69) is 5.32 Å². The van der Waals surface area contributed by atoms with Gasteiger partial charge < -0.3 is 16.8 Å². The average Bonchev–Trinajstić information content (AvgIpc) is 2.13. The van der Waals surface area contributed by atoms with E-state index in [-0.39, 0.29) is 18.0 Å². The Hall–Kier alpha value is -1.75. The largest absolute Gasteiger partial charge is 0.398 e. The molecule has 0 radical (unpaired) electrons. The number of amides is 2. The van der Waals surface area contributed by atoms with Crippen LogP contribution >= 0.6 is 11.6 Å². The van der Waals surface area contributed by atoms with Gasteiger partial charge in [-0.1, -0.05) is 11.6 Å². The predicted octanol–water partition coefficient (Wildman–Crippen LogP) is 1.31. The standard InChI is InChI=1S/C12H16ClN3O2/c1-12(2,6-10(15)17)16-11(18)8-4-3-7(13)5-9(8)14/h3-5H,6,14H2,1-2H3,(H2,15,17)(H,16,18). The number of halogens is 1. The Bertz CT molecular complexity index is 486. The first-order chi connectivity index (χ1) is 8.21. The van der Waals surface area contributed by atoms with Crippen LogP contribution in [0.2, 0.25) is 5.02 Å². The summed E-state index contributed by atoms with van der Waals surface area (Å²) in [4.78, 5) is 22.9. The first kappa shape index (κ1) is 14.3. The Morgan fingerprint density at radius 1 is 1.39 bits per heavy atom. The van der Waals surface area contributed by atoms with Crippen molar-refractivity contribution in [2.45, 2.75) is 25.8 Å². The highest BCUT2D eigenvalue weighted by Gasteiger charge is 2.24. The molecular formula is C12H16ClN3O2. The van der Waals surface area contributed by atoms with Gasteiger partial charge in [0.1, 0.15) is 0 Å². The number of rotatable bonds is 4. The van der Waals surface area contributed by atoms with Gasteiger partial charge in [0.05, 0.1) is 5.56 Å². The molecule has 0 heterocycles. The molecule has 0 spiro atoms. The van der Waals surface area contributed by atoms with Crippen molar-refractivity contribution in [2.75, 3.05) is 5.73 Å². The summed E-state index contributed by atoms with van der Waals surface area (Å²) < 4.78 is 0. The number of carbonyl (C=O) groups excluding carboxylic acids is 2. The van der Waals surface area contributed by atoms with Crippen LogP contribution in [0.5, 0.6) is 0 Å². The minimum Gasteiger partial charge on any atom is -0.398 e. The van der Waals surface area contributed by atoms with E-state index < -0.39 is 11.4 Å². The van der Waals surface area contributed by atoms with E-state index in [0.29, 0.717) is 10.6 Å². The number of hydrogen-bond donors (Lipinski definition) is 3. The van der Waals surface area contributed by atoms with Crippen LogP contribution in [0.15, 0.2) is 18.2 Å².